The topological polar surface area (TPSA) is 79.1 Å². The Kier molecular flexibility index (Phi) is 5.76. The van der Waals surface area contributed by atoms with Crippen LogP contribution in [-0.4, -0.2) is 32.1 Å². The molecule has 0 bridgehead atoms. The van der Waals surface area contributed by atoms with Crippen molar-refractivity contribution in [2.75, 3.05) is 0 Å². The predicted molar refractivity (Wildman–Crippen MR) is 131 cm³/mol. The molecule has 0 aliphatic rings. The lowest BCUT2D eigenvalue weighted by molar-refractivity contribution is 0.426. The lowest BCUT2D eigenvalue weighted by Gasteiger charge is -2.10. The Labute approximate surface area is 192 Å². The van der Waals surface area contributed by atoms with E-state index in [1.54, 1.807) is 18.2 Å². The van der Waals surface area contributed by atoms with Crippen LogP contribution in [0.3, 0.4) is 0 Å². The van der Waals surface area contributed by atoms with Crippen LogP contribution in [0.25, 0.3) is 45.3 Å². The summed E-state index contributed by atoms with van der Waals surface area (Å²) in [6.07, 6.45) is 0. The molecule has 0 atom stereocenters. The third kappa shape index (κ3) is 4.57. The van der Waals surface area contributed by atoms with Gasteiger partial charge in [0.1, 0.15) is 0 Å². The second-order valence-corrected chi connectivity index (χ2v) is 7.61. The molecule has 6 heteroatoms. The maximum Gasteiger partial charge on any atom is 0.488 e. The van der Waals surface area contributed by atoms with Crippen LogP contribution in [0.2, 0.25) is 0 Å². The highest BCUT2D eigenvalue weighted by atomic mass is 16.4. The van der Waals surface area contributed by atoms with E-state index in [4.69, 9.17) is 9.97 Å². The van der Waals surface area contributed by atoms with E-state index in [1.165, 1.54) is 0 Å². The molecule has 0 fully saturated rings. The van der Waals surface area contributed by atoms with E-state index >= 15 is 0 Å². The molecule has 0 spiro atoms. The van der Waals surface area contributed by atoms with Crippen molar-refractivity contribution in [3.05, 3.63) is 109 Å². The third-order valence-corrected chi connectivity index (χ3v) is 5.36. The number of benzene rings is 4. The van der Waals surface area contributed by atoms with Gasteiger partial charge in [-0.15, -0.1) is 0 Å². The lowest BCUT2D eigenvalue weighted by atomic mass is 9.79. The van der Waals surface area contributed by atoms with Gasteiger partial charge in [-0.3, -0.25) is 0 Å². The van der Waals surface area contributed by atoms with Crippen molar-refractivity contribution >= 4 is 12.6 Å². The van der Waals surface area contributed by atoms with E-state index < -0.39 is 7.12 Å². The van der Waals surface area contributed by atoms with Gasteiger partial charge >= 0.3 is 7.12 Å². The van der Waals surface area contributed by atoms with Gasteiger partial charge in [0.2, 0.25) is 0 Å². The van der Waals surface area contributed by atoms with E-state index in [2.05, 4.69) is 29.2 Å². The highest BCUT2D eigenvalue weighted by molar-refractivity contribution is 6.58. The lowest BCUT2D eigenvalue weighted by Crippen LogP contribution is -2.29. The molecule has 0 saturated carbocycles. The molecule has 5 aromatic rings. The number of hydrogen-bond acceptors (Lipinski definition) is 5. The van der Waals surface area contributed by atoms with Gasteiger partial charge in [0.05, 0.1) is 0 Å². The van der Waals surface area contributed by atoms with Crippen LogP contribution in [0.4, 0.5) is 0 Å². The Balaban J connectivity index is 1.61. The van der Waals surface area contributed by atoms with Crippen LogP contribution in [0.5, 0.6) is 0 Å². The Morgan fingerprint density at radius 2 is 0.848 bits per heavy atom. The van der Waals surface area contributed by atoms with Gasteiger partial charge in [-0.05, 0) is 16.6 Å². The summed E-state index contributed by atoms with van der Waals surface area (Å²) >= 11 is 0. The van der Waals surface area contributed by atoms with E-state index in [0.717, 1.165) is 22.3 Å². The molecule has 5 nitrogen and oxygen atoms in total. The first kappa shape index (κ1) is 20.8. The van der Waals surface area contributed by atoms with E-state index in [-0.39, 0.29) is 0 Å². The maximum absolute atomic E-state index is 9.58. The minimum Gasteiger partial charge on any atom is -0.423 e. The van der Waals surface area contributed by atoms with Crippen LogP contribution >= 0.6 is 0 Å². The summed E-state index contributed by atoms with van der Waals surface area (Å²) in [6, 6.07) is 35.0. The Bertz CT molecular complexity index is 1380. The largest absolute Gasteiger partial charge is 0.488 e. The van der Waals surface area contributed by atoms with Crippen molar-refractivity contribution in [2.24, 2.45) is 0 Å². The SMILES string of the molecule is OB(O)c1cccc(-c2nc(-c3ccccc3)nc(-c3ccc(-c4ccccc4)cc3)n2)c1. The third-order valence-electron chi connectivity index (χ3n) is 5.36. The highest BCUT2D eigenvalue weighted by Crippen LogP contribution is 2.26. The van der Waals surface area contributed by atoms with Crippen LogP contribution in [0.15, 0.2) is 109 Å². The molecule has 5 rings (SSSR count). The molecule has 4 aromatic carbocycles. The van der Waals surface area contributed by atoms with Crippen LogP contribution in [0, 0.1) is 0 Å². The number of rotatable bonds is 5. The zero-order valence-electron chi connectivity index (χ0n) is 17.7. The van der Waals surface area contributed by atoms with Gasteiger partial charge < -0.3 is 10.0 Å². The highest BCUT2D eigenvalue weighted by Gasteiger charge is 2.15. The molecule has 0 aliphatic heterocycles. The summed E-state index contributed by atoms with van der Waals surface area (Å²) < 4.78 is 0. The molecule has 2 N–H and O–H groups in total. The zero-order valence-corrected chi connectivity index (χ0v) is 17.7. The Hall–Kier alpha value is -4.13. The first-order chi connectivity index (χ1) is 16.2. The Morgan fingerprint density at radius 1 is 0.424 bits per heavy atom. The number of nitrogens with zero attached hydrogens (tertiary/aromatic N) is 3. The standard InChI is InChI=1S/C27H20BN3O2/c32-28(33)24-13-7-12-23(18-24)27-30-25(21-10-5-2-6-11-21)29-26(31-27)22-16-14-20(15-17-22)19-8-3-1-4-9-19/h1-18,32-33H. The molecule has 158 valence electrons. The minimum atomic E-state index is -1.56. The molecule has 1 heterocycles. The normalized spacial score (nSPS) is 10.7. The smallest absolute Gasteiger partial charge is 0.423 e. The van der Waals surface area contributed by atoms with Gasteiger partial charge in [-0.2, -0.15) is 0 Å². The van der Waals surface area contributed by atoms with Crippen LogP contribution in [-0.2, 0) is 0 Å². The second kappa shape index (κ2) is 9.16. The van der Waals surface area contributed by atoms with Crippen LogP contribution in [0.1, 0.15) is 0 Å². The van der Waals surface area contributed by atoms with Crippen molar-refractivity contribution in [1.82, 2.24) is 15.0 Å². The quantitative estimate of drug-likeness (QED) is 0.409. The van der Waals surface area contributed by atoms with Crippen molar-refractivity contribution in [3.8, 4) is 45.3 Å². The summed E-state index contributed by atoms with van der Waals surface area (Å²) in [5.41, 5.74) is 5.06. The summed E-state index contributed by atoms with van der Waals surface area (Å²) in [5.74, 6) is 1.57. The van der Waals surface area contributed by atoms with E-state index in [1.807, 2.05) is 66.7 Å². The van der Waals surface area contributed by atoms with E-state index in [9.17, 15) is 10.0 Å². The summed E-state index contributed by atoms with van der Waals surface area (Å²) in [7, 11) is -1.56. The van der Waals surface area contributed by atoms with Gasteiger partial charge in [0.25, 0.3) is 0 Å². The molecule has 1 aromatic heterocycles. The van der Waals surface area contributed by atoms with Crippen molar-refractivity contribution < 1.29 is 10.0 Å². The van der Waals surface area contributed by atoms with Gasteiger partial charge in [-0.1, -0.05) is 109 Å². The van der Waals surface area contributed by atoms with Crippen molar-refractivity contribution in [3.63, 3.8) is 0 Å². The molecular formula is C27H20BN3O2. The first-order valence-electron chi connectivity index (χ1n) is 10.6. The second-order valence-electron chi connectivity index (χ2n) is 7.61. The van der Waals surface area contributed by atoms with Gasteiger partial charge in [0, 0.05) is 16.7 Å². The fourth-order valence-electron chi connectivity index (χ4n) is 3.63. The average Bonchev–Trinajstić information content (AvgIpc) is 2.89. The molecule has 0 aliphatic carbocycles. The molecule has 33 heavy (non-hydrogen) atoms. The van der Waals surface area contributed by atoms with Gasteiger partial charge in [0.15, 0.2) is 17.5 Å². The number of aromatic nitrogens is 3. The first-order valence-corrected chi connectivity index (χ1v) is 10.6. The fourth-order valence-corrected chi connectivity index (χ4v) is 3.63. The molecule has 0 saturated heterocycles. The Morgan fingerprint density at radius 3 is 1.42 bits per heavy atom. The predicted octanol–water partition coefficient (Wildman–Crippen LogP) is 4.22. The monoisotopic (exact) mass is 429 g/mol. The molecule has 0 amide bonds. The average molecular weight is 429 g/mol. The van der Waals surface area contributed by atoms with Crippen molar-refractivity contribution in [2.45, 2.75) is 0 Å². The molecular weight excluding hydrogens is 409 g/mol. The van der Waals surface area contributed by atoms with Crippen molar-refractivity contribution in [1.29, 1.82) is 0 Å². The number of hydrogen-bond donors (Lipinski definition) is 2. The molecule has 0 unspecified atom stereocenters. The van der Waals surface area contributed by atoms with E-state index in [0.29, 0.717) is 28.5 Å². The zero-order chi connectivity index (χ0) is 22.6. The van der Waals surface area contributed by atoms with Gasteiger partial charge in [-0.25, -0.2) is 15.0 Å². The summed E-state index contributed by atoms with van der Waals surface area (Å²) in [6.45, 7) is 0. The van der Waals surface area contributed by atoms with Crippen LogP contribution < -0.4 is 5.46 Å². The minimum absolute atomic E-state index is 0.378. The maximum atomic E-state index is 9.58. The summed E-state index contributed by atoms with van der Waals surface area (Å²) in [4.78, 5) is 14.1. The summed E-state index contributed by atoms with van der Waals surface area (Å²) in [5, 5.41) is 19.2. The fraction of sp³-hybridized carbons (Fsp3) is 0. The molecule has 0 radical (unpaired) electrons.